The van der Waals surface area contributed by atoms with Crippen LogP contribution in [0.3, 0.4) is 0 Å². The van der Waals surface area contributed by atoms with Crippen molar-refractivity contribution in [3.05, 3.63) is 36.4 Å². The Hall–Kier alpha value is -0.890. The van der Waals surface area contributed by atoms with E-state index < -0.39 is 0 Å². The number of thioether (sulfide) groups is 1. The molecule has 0 unspecified atom stereocenters. The molecule has 1 aromatic carbocycles. The molecule has 80 valence electrons. The lowest BCUT2D eigenvalue weighted by Crippen LogP contribution is -2.09. The van der Waals surface area contributed by atoms with Gasteiger partial charge in [0, 0.05) is 10.1 Å². The summed E-state index contributed by atoms with van der Waals surface area (Å²) in [4.78, 5) is 1.01. The minimum Gasteiger partial charge on any atom is -0.507 e. The number of para-hydroxylation sites is 1. The number of allylic oxidation sites excluding steroid dienone is 1. The molecule has 1 nitrogen and oxygen atoms in total. The SMILES string of the molecule is C=C1CCC(Sc2ccccc2O)CC1. The van der Waals surface area contributed by atoms with Gasteiger partial charge in [-0.25, -0.2) is 0 Å². The Bertz CT molecular complexity index is 349. The zero-order valence-corrected chi connectivity index (χ0v) is 9.59. The molecule has 0 saturated heterocycles. The van der Waals surface area contributed by atoms with Crippen molar-refractivity contribution in [2.24, 2.45) is 0 Å². The van der Waals surface area contributed by atoms with Gasteiger partial charge in [-0.1, -0.05) is 24.3 Å². The first-order valence-corrected chi connectivity index (χ1v) is 6.25. The summed E-state index contributed by atoms with van der Waals surface area (Å²) in [6.45, 7) is 4.01. The normalized spacial score (nSPS) is 18.0. The van der Waals surface area contributed by atoms with Gasteiger partial charge < -0.3 is 5.11 Å². The van der Waals surface area contributed by atoms with E-state index in [4.69, 9.17) is 0 Å². The molecule has 1 fully saturated rings. The van der Waals surface area contributed by atoms with Gasteiger partial charge in [0.25, 0.3) is 0 Å². The number of phenolic OH excluding ortho intramolecular Hbond substituents is 1. The largest absolute Gasteiger partial charge is 0.507 e. The molecule has 0 bridgehead atoms. The quantitative estimate of drug-likeness (QED) is 0.761. The lowest BCUT2D eigenvalue weighted by atomic mass is 9.96. The first kappa shape index (κ1) is 10.6. The average molecular weight is 220 g/mol. The molecular weight excluding hydrogens is 204 g/mol. The Morgan fingerprint density at radius 2 is 1.87 bits per heavy atom. The Labute approximate surface area is 95.2 Å². The van der Waals surface area contributed by atoms with E-state index in [9.17, 15) is 5.11 Å². The third-order valence-corrected chi connectivity index (χ3v) is 4.20. The molecule has 2 rings (SSSR count). The van der Waals surface area contributed by atoms with Crippen molar-refractivity contribution in [1.82, 2.24) is 0 Å². The average Bonchev–Trinajstić information content (AvgIpc) is 2.25. The molecule has 0 radical (unpaired) electrons. The van der Waals surface area contributed by atoms with Gasteiger partial charge in [0.15, 0.2) is 0 Å². The zero-order valence-electron chi connectivity index (χ0n) is 8.78. The van der Waals surface area contributed by atoms with Gasteiger partial charge in [-0.05, 0) is 37.8 Å². The molecule has 0 atom stereocenters. The van der Waals surface area contributed by atoms with Crippen molar-refractivity contribution < 1.29 is 5.11 Å². The number of hydrogen-bond donors (Lipinski definition) is 1. The summed E-state index contributed by atoms with van der Waals surface area (Å²) in [5.41, 5.74) is 1.38. The summed E-state index contributed by atoms with van der Waals surface area (Å²) < 4.78 is 0. The Kier molecular flexibility index (Phi) is 3.37. The van der Waals surface area contributed by atoms with E-state index in [1.165, 1.54) is 18.4 Å². The van der Waals surface area contributed by atoms with Crippen LogP contribution >= 0.6 is 11.8 Å². The van der Waals surface area contributed by atoms with Crippen LogP contribution in [0.25, 0.3) is 0 Å². The minimum atomic E-state index is 0.409. The predicted molar refractivity (Wildman–Crippen MR) is 65.4 cm³/mol. The van der Waals surface area contributed by atoms with E-state index in [-0.39, 0.29) is 0 Å². The van der Waals surface area contributed by atoms with E-state index in [1.54, 1.807) is 17.8 Å². The zero-order chi connectivity index (χ0) is 10.7. The highest BCUT2D eigenvalue weighted by Crippen LogP contribution is 2.38. The van der Waals surface area contributed by atoms with E-state index in [2.05, 4.69) is 6.58 Å². The van der Waals surface area contributed by atoms with Gasteiger partial charge >= 0.3 is 0 Å². The smallest absolute Gasteiger partial charge is 0.129 e. The lowest BCUT2D eigenvalue weighted by molar-refractivity contribution is 0.462. The Morgan fingerprint density at radius 3 is 2.53 bits per heavy atom. The number of phenols is 1. The van der Waals surface area contributed by atoms with Crippen LogP contribution in [0, 0.1) is 0 Å². The molecule has 0 aromatic heterocycles. The molecule has 0 aliphatic heterocycles. The molecular formula is C13H16OS. The van der Waals surface area contributed by atoms with Crippen molar-refractivity contribution in [2.45, 2.75) is 35.8 Å². The van der Waals surface area contributed by atoms with Crippen LogP contribution in [0.15, 0.2) is 41.3 Å². The molecule has 0 amide bonds. The van der Waals surface area contributed by atoms with Crippen LogP contribution in [0.2, 0.25) is 0 Å². The second-order valence-corrected chi connectivity index (χ2v) is 5.38. The van der Waals surface area contributed by atoms with E-state index in [1.807, 2.05) is 18.2 Å². The van der Waals surface area contributed by atoms with Gasteiger partial charge in [-0.3, -0.25) is 0 Å². The molecule has 0 spiro atoms. The van der Waals surface area contributed by atoms with E-state index >= 15 is 0 Å². The molecule has 1 aromatic rings. The fourth-order valence-electron chi connectivity index (χ4n) is 1.85. The number of hydrogen-bond acceptors (Lipinski definition) is 2. The highest BCUT2D eigenvalue weighted by Gasteiger charge is 2.17. The van der Waals surface area contributed by atoms with Crippen LogP contribution in [-0.2, 0) is 0 Å². The molecule has 1 N–H and O–H groups in total. The fraction of sp³-hybridized carbons (Fsp3) is 0.385. The summed E-state index contributed by atoms with van der Waals surface area (Å²) in [5, 5.41) is 10.3. The molecule has 15 heavy (non-hydrogen) atoms. The van der Waals surface area contributed by atoms with Crippen molar-refractivity contribution in [3.63, 3.8) is 0 Å². The molecule has 1 aliphatic carbocycles. The maximum atomic E-state index is 9.65. The second kappa shape index (κ2) is 4.75. The Morgan fingerprint density at radius 1 is 1.20 bits per heavy atom. The summed E-state index contributed by atoms with van der Waals surface area (Å²) in [7, 11) is 0. The summed E-state index contributed by atoms with van der Waals surface area (Å²) in [5.74, 6) is 0.409. The third-order valence-electron chi connectivity index (χ3n) is 2.80. The fourth-order valence-corrected chi connectivity index (χ4v) is 3.03. The van der Waals surface area contributed by atoms with Crippen LogP contribution in [0.1, 0.15) is 25.7 Å². The van der Waals surface area contributed by atoms with E-state index in [0.29, 0.717) is 11.0 Å². The number of benzene rings is 1. The van der Waals surface area contributed by atoms with Crippen molar-refractivity contribution in [2.75, 3.05) is 0 Å². The monoisotopic (exact) mass is 220 g/mol. The van der Waals surface area contributed by atoms with Crippen molar-refractivity contribution in [3.8, 4) is 5.75 Å². The highest BCUT2D eigenvalue weighted by molar-refractivity contribution is 8.00. The third kappa shape index (κ3) is 2.78. The van der Waals surface area contributed by atoms with Gasteiger partial charge in [0.2, 0.25) is 0 Å². The van der Waals surface area contributed by atoms with Crippen LogP contribution in [-0.4, -0.2) is 10.4 Å². The number of rotatable bonds is 2. The second-order valence-electron chi connectivity index (χ2n) is 4.03. The highest BCUT2D eigenvalue weighted by atomic mass is 32.2. The first-order chi connectivity index (χ1) is 7.25. The molecule has 0 heterocycles. The van der Waals surface area contributed by atoms with Gasteiger partial charge in [0.1, 0.15) is 5.75 Å². The molecule has 1 aliphatic rings. The molecule has 1 saturated carbocycles. The minimum absolute atomic E-state index is 0.409. The van der Waals surface area contributed by atoms with E-state index in [0.717, 1.165) is 17.7 Å². The maximum absolute atomic E-state index is 9.65. The van der Waals surface area contributed by atoms with Crippen LogP contribution in [0.4, 0.5) is 0 Å². The number of aromatic hydroxyl groups is 1. The summed E-state index contributed by atoms with van der Waals surface area (Å²) in [6.07, 6.45) is 4.67. The van der Waals surface area contributed by atoms with Crippen LogP contribution in [0.5, 0.6) is 5.75 Å². The maximum Gasteiger partial charge on any atom is 0.129 e. The van der Waals surface area contributed by atoms with Crippen molar-refractivity contribution >= 4 is 11.8 Å². The van der Waals surface area contributed by atoms with Gasteiger partial charge in [-0.2, -0.15) is 0 Å². The Balaban J connectivity index is 1.97. The predicted octanol–water partition coefficient (Wildman–Crippen LogP) is 3.98. The van der Waals surface area contributed by atoms with Gasteiger partial charge in [-0.15, -0.1) is 11.8 Å². The topological polar surface area (TPSA) is 20.2 Å². The molecule has 2 heteroatoms. The lowest BCUT2D eigenvalue weighted by Gasteiger charge is -2.22. The van der Waals surface area contributed by atoms with Crippen molar-refractivity contribution in [1.29, 1.82) is 0 Å². The first-order valence-electron chi connectivity index (χ1n) is 5.37. The summed E-state index contributed by atoms with van der Waals surface area (Å²) in [6, 6.07) is 7.58. The standard InChI is InChI=1S/C13H16OS/c1-10-6-8-11(9-7-10)15-13-5-3-2-4-12(13)14/h2-5,11,14H,1,6-9H2. The van der Waals surface area contributed by atoms with Gasteiger partial charge in [0.05, 0.1) is 0 Å². The van der Waals surface area contributed by atoms with Crippen LogP contribution < -0.4 is 0 Å². The summed E-state index contributed by atoms with van der Waals surface area (Å²) >= 11 is 1.80.